The highest BCUT2D eigenvalue weighted by atomic mass is 31.2. The van der Waals surface area contributed by atoms with E-state index in [-0.39, 0.29) is 46.2 Å². The second kappa shape index (κ2) is 18.4. The first kappa shape index (κ1) is 41.7. The summed E-state index contributed by atoms with van der Waals surface area (Å²) >= 11 is 0. The Morgan fingerprint density at radius 2 is 0.750 bits per heavy atom. The predicted octanol–water partition coefficient (Wildman–Crippen LogP) is 9.76. The van der Waals surface area contributed by atoms with Crippen molar-refractivity contribution in [3.63, 3.8) is 0 Å². The minimum Gasteiger partial charge on any atom is -0.368 e. The van der Waals surface area contributed by atoms with Crippen molar-refractivity contribution < 1.29 is 63.9 Å². The van der Waals surface area contributed by atoms with Crippen molar-refractivity contribution in [1.82, 2.24) is 0 Å². The molecule has 0 unspecified atom stereocenters. The Bertz CT molecular complexity index is 2310. The minimum absolute atomic E-state index is 0.0106. The van der Waals surface area contributed by atoms with Crippen LogP contribution in [0.4, 0.5) is 0 Å². The molecule has 5 aromatic carbocycles. The van der Waals surface area contributed by atoms with E-state index in [2.05, 4.69) is 0 Å². The molecule has 0 aromatic heterocycles. The quantitative estimate of drug-likeness (QED) is 0.103. The Kier molecular flexibility index (Phi) is 12.8. The summed E-state index contributed by atoms with van der Waals surface area (Å²) in [5.41, 5.74) is 5.30. The molecular weight excluding hydrogens is 833 g/mol. The van der Waals surface area contributed by atoms with E-state index in [1.54, 1.807) is 12.1 Å². The van der Waals surface area contributed by atoms with Crippen molar-refractivity contribution in [3.05, 3.63) is 178 Å². The minimum atomic E-state index is -4.57. The molecule has 14 nitrogen and oxygen atoms in total. The molecule has 4 aliphatic rings. The highest BCUT2D eigenvalue weighted by molar-refractivity contribution is 7.49. The Balaban J connectivity index is 1.12. The molecule has 1 saturated carbocycles. The van der Waals surface area contributed by atoms with E-state index >= 15 is 0 Å². The fraction of sp³-hybridized carbons (Fsp3) is 0.302. The first-order valence-corrected chi connectivity index (χ1v) is 23.9. The maximum Gasteiger partial charge on any atom is 0.476 e. The summed E-state index contributed by atoms with van der Waals surface area (Å²) in [5, 5.41) is 0. The zero-order valence-corrected chi connectivity index (χ0v) is 34.9. The van der Waals surface area contributed by atoms with Crippen LogP contribution in [-0.4, -0.2) is 36.6 Å². The lowest BCUT2D eigenvalue weighted by Gasteiger charge is -2.52. The van der Waals surface area contributed by atoms with Gasteiger partial charge >= 0.3 is 23.5 Å². The molecule has 1 saturated heterocycles. The lowest BCUT2D eigenvalue weighted by Crippen LogP contribution is -2.68. The molecule has 3 heterocycles. The van der Waals surface area contributed by atoms with Crippen molar-refractivity contribution >= 4 is 23.5 Å². The summed E-state index contributed by atoms with van der Waals surface area (Å²) in [6.45, 7) is -0.507. The lowest BCUT2D eigenvalue weighted by atomic mass is 9.84. The summed E-state index contributed by atoms with van der Waals surface area (Å²) in [4.78, 5) is 0. The SMILES string of the molecule is O=P1(O[C@@H]2[C@H](OCc3ccccc3)[C@H](OCc3ccccc3)[C@H]3O[P@@](=O)(OCc4ccccc4)O[C@@H]2[C@H]3OP2(=O)OCc3ccccc3CO2)OCc2ccccc2CO1. The van der Waals surface area contributed by atoms with Crippen molar-refractivity contribution in [2.24, 2.45) is 0 Å². The van der Waals surface area contributed by atoms with Crippen LogP contribution in [0.25, 0.3) is 0 Å². The molecule has 7 atom stereocenters. The van der Waals surface area contributed by atoms with Crippen molar-refractivity contribution in [2.75, 3.05) is 0 Å². The Morgan fingerprint density at radius 1 is 0.400 bits per heavy atom. The highest BCUT2D eigenvalue weighted by Crippen LogP contribution is 2.65. The van der Waals surface area contributed by atoms with Gasteiger partial charge in [-0.05, 0) is 38.9 Å². The van der Waals surface area contributed by atoms with Gasteiger partial charge in [0.05, 0.1) is 46.2 Å². The number of phosphoric acid groups is 3. The normalized spacial score (nSPS) is 28.1. The second-order valence-corrected chi connectivity index (χ2v) is 19.4. The molecule has 0 N–H and O–H groups in total. The van der Waals surface area contributed by atoms with E-state index in [0.29, 0.717) is 5.56 Å². The molecule has 2 fully saturated rings. The molecule has 9 rings (SSSR count). The van der Waals surface area contributed by atoms with Gasteiger partial charge in [-0.15, -0.1) is 0 Å². The molecule has 1 aliphatic carbocycles. The zero-order chi connectivity index (χ0) is 41.0. The van der Waals surface area contributed by atoms with Crippen LogP contribution in [0.3, 0.4) is 0 Å². The number of phosphoric ester groups is 3. The highest BCUT2D eigenvalue weighted by Gasteiger charge is 2.65. The van der Waals surface area contributed by atoms with Gasteiger partial charge in [-0.3, -0.25) is 40.7 Å². The number of fused-ring (bicyclic) bond motifs is 4. The molecule has 17 heteroatoms. The van der Waals surface area contributed by atoms with Gasteiger partial charge in [-0.2, -0.15) is 0 Å². The first-order valence-electron chi connectivity index (χ1n) is 19.5. The Morgan fingerprint density at radius 3 is 1.18 bits per heavy atom. The molecule has 3 aliphatic heterocycles. The van der Waals surface area contributed by atoms with E-state index in [0.717, 1.165) is 33.4 Å². The Labute approximate surface area is 347 Å². The molecule has 2 bridgehead atoms. The van der Waals surface area contributed by atoms with E-state index < -0.39 is 60.1 Å². The standard InChI is InChI=1S/C43H43O14P3/c44-58(50-27-34-20-10-11-21-35(34)28-51-58)54-40-38(47-24-31-14-4-1-5-15-31)39(48-25-32-16-6-2-7-17-32)41-42(55-59(45)52-29-36-22-12-13-23-37(36)30-53-59)43(40)57-60(46,56-41)49-26-33-18-8-3-9-19-33/h1-23,38-43H,24-30H2/t38-,39+,40-,41-,42+,43+,60-/m1/s1. The first-order chi connectivity index (χ1) is 29.2. The van der Waals surface area contributed by atoms with Crippen LogP contribution in [0.1, 0.15) is 38.9 Å². The fourth-order valence-electron chi connectivity index (χ4n) is 7.39. The van der Waals surface area contributed by atoms with E-state index in [4.69, 9.17) is 50.2 Å². The molecule has 0 radical (unpaired) electrons. The maximum atomic E-state index is 14.8. The van der Waals surface area contributed by atoms with E-state index in [9.17, 15) is 13.7 Å². The summed E-state index contributed by atoms with van der Waals surface area (Å²) < 4.78 is 113. The topological polar surface area (TPSA) is 153 Å². The van der Waals surface area contributed by atoms with Crippen molar-refractivity contribution in [2.45, 2.75) is 82.9 Å². The third-order valence-corrected chi connectivity index (χ3v) is 14.7. The Hall–Kier alpha value is -3.65. The molecule has 0 amide bonds. The van der Waals surface area contributed by atoms with Gasteiger partial charge in [-0.1, -0.05) is 140 Å². The van der Waals surface area contributed by atoms with Gasteiger partial charge in [0.15, 0.2) is 0 Å². The van der Waals surface area contributed by atoms with E-state index in [1.807, 2.05) is 127 Å². The van der Waals surface area contributed by atoms with Gasteiger partial charge in [0, 0.05) is 0 Å². The summed E-state index contributed by atoms with van der Waals surface area (Å²) in [5.74, 6) is 0. The molecule has 60 heavy (non-hydrogen) atoms. The van der Waals surface area contributed by atoms with Crippen molar-refractivity contribution in [3.8, 4) is 0 Å². The molecule has 314 valence electrons. The van der Waals surface area contributed by atoms with Gasteiger partial charge in [0.2, 0.25) is 0 Å². The number of ether oxygens (including phenoxy) is 2. The molecular formula is C43H43O14P3. The predicted molar refractivity (Wildman–Crippen MR) is 216 cm³/mol. The monoisotopic (exact) mass is 876 g/mol. The van der Waals surface area contributed by atoms with Crippen LogP contribution in [0.5, 0.6) is 0 Å². The average molecular weight is 877 g/mol. The van der Waals surface area contributed by atoms with Crippen LogP contribution in [-0.2, 0) is 110 Å². The molecule has 0 spiro atoms. The van der Waals surface area contributed by atoms with Crippen LogP contribution < -0.4 is 0 Å². The second-order valence-electron chi connectivity index (χ2n) is 14.5. The third-order valence-electron chi connectivity index (χ3n) is 10.5. The summed E-state index contributed by atoms with van der Waals surface area (Å²) in [6.07, 6.45) is -8.29. The van der Waals surface area contributed by atoms with Crippen molar-refractivity contribution in [1.29, 1.82) is 0 Å². The van der Waals surface area contributed by atoms with Gasteiger partial charge in [0.25, 0.3) is 0 Å². The van der Waals surface area contributed by atoms with Crippen LogP contribution in [0.15, 0.2) is 140 Å². The third kappa shape index (κ3) is 9.69. The maximum absolute atomic E-state index is 14.8. The summed E-state index contributed by atoms with van der Waals surface area (Å²) in [7, 11) is -13.5. The van der Waals surface area contributed by atoms with Crippen LogP contribution in [0.2, 0.25) is 0 Å². The van der Waals surface area contributed by atoms with E-state index in [1.165, 1.54) is 0 Å². The number of benzene rings is 5. The fourth-order valence-corrected chi connectivity index (χ4v) is 11.6. The zero-order valence-electron chi connectivity index (χ0n) is 32.3. The van der Waals surface area contributed by atoms with Gasteiger partial charge in [0.1, 0.15) is 36.6 Å². The average Bonchev–Trinajstić information content (AvgIpc) is 3.56. The summed E-state index contributed by atoms with van der Waals surface area (Å²) in [6, 6.07) is 42.5. The number of hydrogen-bond acceptors (Lipinski definition) is 14. The largest absolute Gasteiger partial charge is 0.476 e. The lowest BCUT2D eigenvalue weighted by molar-refractivity contribution is -0.260. The number of rotatable bonds is 13. The van der Waals surface area contributed by atoms with Gasteiger partial charge in [-0.25, -0.2) is 13.7 Å². The molecule has 5 aromatic rings. The van der Waals surface area contributed by atoms with Crippen LogP contribution in [0, 0.1) is 0 Å². The number of hydrogen-bond donors (Lipinski definition) is 0. The van der Waals surface area contributed by atoms with Crippen LogP contribution >= 0.6 is 23.5 Å². The smallest absolute Gasteiger partial charge is 0.368 e. The van der Waals surface area contributed by atoms with Gasteiger partial charge < -0.3 is 9.47 Å².